The SMILES string of the molecule is CC(=O)OC(/C=C/c1ccccc1)=C1C(=O)C=C(C)C1=O. The Hall–Kier alpha value is -2.75. The van der Waals surface area contributed by atoms with Crippen LogP contribution in [0, 0.1) is 0 Å². The highest BCUT2D eigenvalue weighted by Gasteiger charge is 2.29. The van der Waals surface area contributed by atoms with Crippen LogP contribution in [-0.4, -0.2) is 17.5 Å². The molecule has 0 spiro atoms. The van der Waals surface area contributed by atoms with Crippen LogP contribution in [0.2, 0.25) is 0 Å². The summed E-state index contributed by atoms with van der Waals surface area (Å²) >= 11 is 0. The molecule has 21 heavy (non-hydrogen) atoms. The monoisotopic (exact) mass is 282 g/mol. The van der Waals surface area contributed by atoms with E-state index in [4.69, 9.17) is 4.74 Å². The number of rotatable bonds is 3. The molecular weight excluding hydrogens is 268 g/mol. The van der Waals surface area contributed by atoms with Crippen LogP contribution in [0.1, 0.15) is 19.4 Å². The molecule has 0 atom stereocenters. The molecule has 1 aromatic rings. The zero-order chi connectivity index (χ0) is 15.4. The molecule has 2 rings (SSSR count). The summed E-state index contributed by atoms with van der Waals surface area (Å²) in [6.07, 6.45) is 4.39. The van der Waals surface area contributed by atoms with E-state index in [-0.39, 0.29) is 11.3 Å². The van der Waals surface area contributed by atoms with Gasteiger partial charge in [-0.05, 0) is 24.6 Å². The molecule has 0 N–H and O–H groups in total. The van der Waals surface area contributed by atoms with Crippen molar-refractivity contribution in [3.63, 3.8) is 0 Å². The maximum Gasteiger partial charge on any atom is 0.308 e. The van der Waals surface area contributed by atoms with Gasteiger partial charge in [0.15, 0.2) is 11.6 Å². The maximum atomic E-state index is 12.0. The van der Waals surface area contributed by atoms with Crippen LogP contribution in [-0.2, 0) is 19.1 Å². The van der Waals surface area contributed by atoms with E-state index in [2.05, 4.69) is 0 Å². The van der Waals surface area contributed by atoms with Crippen LogP contribution in [0.5, 0.6) is 0 Å². The first-order valence-electron chi connectivity index (χ1n) is 6.42. The third-order valence-corrected chi connectivity index (χ3v) is 2.91. The number of carbonyl (C=O) groups excluding carboxylic acids is 3. The lowest BCUT2D eigenvalue weighted by atomic mass is 10.1. The van der Waals surface area contributed by atoms with Crippen LogP contribution >= 0.6 is 0 Å². The van der Waals surface area contributed by atoms with Crippen molar-refractivity contribution >= 4 is 23.6 Å². The van der Waals surface area contributed by atoms with Crippen LogP contribution < -0.4 is 0 Å². The zero-order valence-electron chi connectivity index (χ0n) is 11.8. The fourth-order valence-corrected chi connectivity index (χ4v) is 1.94. The largest absolute Gasteiger partial charge is 0.426 e. The number of Topliss-reactive ketones (excluding diaryl/α,β-unsaturated/α-hetero) is 1. The van der Waals surface area contributed by atoms with E-state index in [0.29, 0.717) is 5.57 Å². The molecule has 0 amide bonds. The summed E-state index contributed by atoms with van der Waals surface area (Å²) in [5.74, 6) is -1.45. The number of hydrogen-bond donors (Lipinski definition) is 0. The quantitative estimate of drug-likeness (QED) is 0.370. The average molecular weight is 282 g/mol. The van der Waals surface area contributed by atoms with Crippen molar-refractivity contribution in [1.82, 2.24) is 0 Å². The summed E-state index contributed by atoms with van der Waals surface area (Å²) in [4.78, 5) is 35.0. The molecule has 106 valence electrons. The molecule has 0 saturated heterocycles. The number of allylic oxidation sites excluding steroid dienone is 4. The van der Waals surface area contributed by atoms with E-state index in [0.717, 1.165) is 5.56 Å². The molecule has 0 aromatic heterocycles. The predicted octanol–water partition coefficient (Wildman–Crippen LogP) is 2.62. The lowest BCUT2D eigenvalue weighted by Crippen LogP contribution is -2.10. The Kier molecular flexibility index (Phi) is 4.28. The van der Waals surface area contributed by atoms with Crippen LogP contribution in [0.3, 0.4) is 0 Å². The normalized spacial score (nSPS) is 17.1. The van der Waals surface area contributed by atoms with Gasteiger partial charge in [-0.15, -0.1) is 0 Å². The molecule has 1 aliphatic rings. The van der Waals surface area contributed by atoms with Crippen molar-refractivity contribution in [1.29, 1.82) is 0 Å². The molecular formula is C17H14O4. The van der Waals surface area contributed by atoms with Gasteiger partial charge in [0.25, 0.3) is 0 Å². The number of esters is 1. The number of ketones is 2. The maximum absolute atomic E-state index is 12.0. The Morgan fingerprint density at radius 2 is 1.81 bits per heavy atom. The topological polar surface area (TPSA) is 60.4 Å². The second-order valence-electron chi connectivity index (χ2n) is 4.60. The smallest absolute Gasteiger partial charge is 0.308 e. The molecule has 4 nitrogen and oxygen atoms in total. The summed E-state index contributed by atoms with van der Waals surface area (Å²) in [7, 11) is 0. The van der Waals surface area contributed by atoms with Crippen molar-refractivity contribution in [3.8, 4) is 0 Å². The van der Waals surface area contributed by atoms with Gasteiger partial charge in [-0.25, -0.2) is 0 Å². The highest BCUT2D eigenvalue weighted by Crippen LogP contribution is 2.22. The van der Waals surface area contributed by atoms with Crippen LogP contribution in [0.15, 0.2) is 59.4 Å². The number of benzene rings is 1. The Labute approximate surface area is 122 Å². The van der Waals surface area contributed by atoms with E-state index in [1.165, 1.54) is 19.1 Å². The second kappa shape index (κ2) is 6.13. The first-order chi connectivity index (χ1) is 9.99. The fraction of sp³-hybridized carbons (Fsp3) is 0.118. The highest BCUT2D eigenvalue weighted by atomic mass is 16.5. The van der Waals surface area contributed by atoms with Crippen molar-refractivity contribution < 1.29 is 19.1 Å². The van der Waals surface area contributed by atoms with Crippen molar-refractivity contribution in [2.45, 2.75) is 13.8 Å². The fourth-order valence-electron chi connectivity index (χ4n) is 1.94. The summed E-state index contributed by atoms with van der Waals surface area (Å²) in [6.45, 7) is 2.78. The van der Waals surface area contributed by atoms with Crippen LogP contribution in [0.4, 0.5) is 0 Å². The molecule has 0 heterocycles. The molecule has 0 saturated carbocycles. The average Bonchev–Trinajstić information content (AvgIpc) is 2.69. The van der Waals surface area contributed by atoms with Gasteiger partial charge < -0.3 is 4.74 Å². The summed E-state index contributed by atoms with van der Waals surface area (Å²) in [6, 6.07) is 9.30. The lowest BCUT2D eigenvalue weighted by molar-refractivity contribution is -0.136. The first-order valence-corrected chi connectivity index (χ1v) is 6.42. The first kappa shape index (κ1) is 14.7. The number of ether oxygens (including phenoxy) is 1. The van der Waals surface area contributed by atoms with E-state index < -0.39 is 17.5 Å². The Morgan fingerprint density at radius 3 is 2.33 bits per heavy atom. The minimum Gasteiger partial charge on any atom is -0.426 e. The molecule has 1 aliphatic carbocycles. The number of hydrogen-bond acceptors (Lipinski definition) is 4. The molecule has 0 radical (unpaired) electrons. The molecule has 0 fully saturated rings. The lowest BCUT2D eigenvalue weighted by Gasteiger charge is -2.05. The Bertz CT molecular complexity index is 691. The zero-order valence-corrected chi connectivity index (χ0v) is 11.8. The van der Waals surface area contributed by atoms with Gasteiger partial charge in [0.2, 0.25) is 0 Å². The van der Waals surface area contributed by atoms with Gasteiger partial charge in [-0.3, -0.25) is 14.4 Å². The summed E-state index contributed by atoms with van der Waals surface area (Å²) < 4.78 is 5.02. The van der Waals surface area contributed by atoms with E-state index >= 15 is 0 Å². The minimum absolute atomic E-state index is 0.0190. The van der Waals surface area contributed by atoms with Crippen LogP contribution in [0.25, 0.3) is 6.08 Å². The standard InChI is InChI=1S/C17H14O4/c1-11-10-14(19)16(17(11)20)15(21-12(2)18)9-8-13-6-4-3-5-7-13/h3-10H,1-2H3/b9-8+,16-15?. The predicted molar refractivity (Wildman–Crippen MR) is 78.0 cm³/mol. The molecule has 4 heteroatoms. The summed E-state index contributed by atoms with van der Waals surface area (Å²) in [5.41, 5.74) is 1.10. The van der Waals surface area contributed by atoms with Crippen molar-refractivity contribution in [2.75, 3.05) is 0 Å². The van der Waals surface area contributed by atoms with E-state index in [9.17, 15) is 14.4 Å². The summed E-state index contributed by atoms with van der Waals surface area (Å²) in [5, 5.41) is 0. The van der Waals surface area contributed by atoms with Crippen molar-refractivity contribution in [3.05, 3.63) is 65.0 Å². The van der Waals surface area contributed by atoms with Gasteiger partial charge in [0.05, 0.1) is 0 Å². The van der Waals surface area contributed by atoms with Gasteiger partial charge in [-0.1, -0.05) is 36.4 Å². The highest BCUT2D eigenvalue weighted by molar-refractivity contribution is 6.36. The van der Waals surface area contributed by atoms with Gasteiger partial charge in [0, 0.05) is 12.5 Å². The molecule has 0 bridgehead atoms. The Morgan fingerprint density at radius 1 is 1.14 bits per heavy atom. The third kappa shape index (κ3) is 3.42. The van der Waals surface area contributed by atoms with E-state index in [1.54, 1.807) is 13.0 Å². The minimum atomic E-state index is -0.583. The van der Waals surface area contributed by atoms with Crippen molar-refractivity contribution in [2.24, 2.45) is 0 Å². The molecule has 1 aromatic carbocycles. The molecule has 0 unspecified atom stereocenters. The third-order valence-electron chi connectivity index (χ3n) is 2.91. The second-order valence-corrected chi connectivity index (χ2v) is 4.60. The Balaban J connectivity index is 2.41. The van der Waals surface area contributed by atoms with Gasteiger partial charge in [-0.2, -0.15) is 0 Å². The van der Waals surface area contributed by atoms with Gasteiger partial charge in [0.1, 0.15) is 11.3 Å². The van der Waals surface area contributed by atoms with E-state index in [1.807, 2.05) is 30.3 Å². The number of carbonyl (C=O) groups is 3. The van der Waals surface area contributed by atoms with Gasteiger partial charge >= 0.3 is 5.97 Å². The molecule has 0 aliphatic heterocycles.